The molecule has 132 valence electrons. The van der Waals surface area contributed by atoms with Crippen LogP contribution in [-0.4, -0.2) is 16.8 Å². The highest BCUT2D eigenvalue weighted by atomic mass is 35.5. The molecule has 0 unspecified atom stereocenters. The number of cyclic esters (lactones) is 1. The summed E-state index contributed by atoms with van der Waals surface area (Å²) in [4.78, 5) is 26.6. The minimum absolute atomic E-state index is 0.0475. The van der Waals surface area contributed by atoms with Crippen molar-refractivity contribution in [1.82, 2.24) is 0 Å². The summed E-state index contributed by atoms with van der Waals surface area (Å²) < 4.78 is 5.15. The number of carbonyl (C=O) groups excluding carboxylic acids is 1. The summed E-state index contributed by atoms with van der Waals surface area (Å²) in [5.41, 5.74) is 2.14. The maximum atomic E-state index is 12.1. The highest BCUT2D eigenvalue weighted by molar-refractivity contribution is 6.34. The van der Waals surface area contributed by atoms with E-state index in [-0.39, 0.29) is 27.9 Å². The zero-order chi connectivity index (χ0) is 18.8. The first kappa shape index (κ1) is 17.8. The molecule has 1 aliphatic heterocycles. The van der Waals surface area contributed by atoms with Crippen LogP contribution in [0.5, 0.6) is 0 Å². The van der Waals surface area contributed by atoms with Crippen molar-refractivity contribution in [1.29, 1.82) is 0 Å². The molecule has 3 rings (SSSR count). The SMILES string of the molecule is CC(C)c1ccc(/C=C2\N=C(c3cc([N+](=O)[O-])ccc3Cl)OC2=O)cc1. The van der Waals surface area contributed by atoms with E-state index in [1.807, 2.05) is 24.3 Å². The van der Waals surface area contributed by atoms with Crippen molar-refractivity contribution < 1.29 is 14.5 Å². The van der Waals surface area contributed by atoms with E-state index in [0.29, 0.717) is 5.92 Å². The Hall–Kier alpha value is -2.99. The van der Waals surface area contributed by atoms with Crippen LogP contribution in [-0.2, 0) is 9.53 Å². The predicted octanol–water partition coefficient (Wildman–Crippen LogP) is 4.72. The number of esters is 1. The number of halogens is 1. The second-order valence-corrected chi connectivity index (χ2v) is 6.49. The largest absolute Gasteiger partial charge is 0.402 e. The number of carbonyl (C=O) groups is 1. The van der Waals surface area contributed by atoms with Gasteiger partial charge in [0.25, 0.3) is 5.69 Å². The average molecular weight is 371 g/mol. The Balaban J connectivity index is 1.94. The van der Waals surface area contributed by atoms with E-state index in [1.54, 1.807) is 6.08 Å². The summed E-state index contributed by atoms with van der Waals surface area (Å²) in [6, 6.07) is 11.6. The van der Waals surface area contributed by atoms with Crippen LogP contribution in [0, 0.1) is 10.1 Å². The second-order valence-electron chi connectivity index (χ2n) is 6.08. The van der Waals surface area contributed by atoms with Gasteiger partial charge in [0, 0.05) is 12.1 Å². The monoisotopic (exact) mass is 370 g/mol. The number of nitrogens with zero attached hydrogens (tertiary/aromatic N) is 2. The minimum Gasteiger partial charge on any atom is -0.402 e. The van der Waals surface area contributed by atoms with Crippen molar-refractivity contribution in [2.45, 2.75) is 19.8 Å². The normalized spacial score (nSPS) is 15.3. The van der Waals surface area contributed by atoms with Gasteiger partial charge in [-0.3, -0.25) is 10.1 Å². The Labute approximate surface area is 154 Å². The fourth-order valence-electron chi connectivity index (χ4n) is 2.45. The van der Waals surface area contributed by atoms with Crippen LogP contribution < -0.4 is 0 Å². The van der Waals surface area contributed by atoms with Gasteiger partial charge in [-0.05, 0) is 29.2 Å². The Morgan fingerprint density at radius 1 is 1.19 bits per heavy atom. The van der Waals surface area contributed by atoms with E-state index in [4.69, 9.17) is 16.3 Å². The van der Waals surface area contributed by atoms with Crippen molar-refractivity contribution >= 4 is 35.2 Å². The van der Waals surface area contributed by atoms with Crippen LogP contribution in [0.1, 0.15) is 36.5 Å². The van der Waals surface area contributed by atoms with E-state index in [2.05, 4.69) is 18.8 Å². The van der Waals surface area contributed by atoms with Crippen molar-refractivity contribution in [2.24, 2.45) is 4.99 Å². The Morgan fingerprint density at radius 2 is 1.88 bits per heavy atom. The number of aliphatic imine (C=N–C) groups is 1. The lowest BCUT2D eigenvalue weighted by atomic mass is 10.0. The molecule has 0 amide bonds. The lowest BCUT2D eigenvalue weighted by molar-refractivity contribution is -0.384. The molecular weight excluding hydrogens is 356 g/mol. The number of nitro groups is 1. The summed E-state index contributed by atoms with van der Waals surface area (Å²) >= 11 is 6.07. The quantitative estimate of drug-likeness (QED) is 0.337. The smallest absolute Gasteiger partial charge is 0.363 e. The second kappa shape index (κ2) is 7.09. The molecular formula is C19H15ClN2O4. The number of rotatable bonds is 4. The van der Waals surface area contributed by atoms with Gasteiger partial charge >= 0.3 is 5.97 Å². The van der Waals surface area contributed by atoms with Crippen LogP contribution in [0.2, 0.25) is 5.02 Å². The highest BCUT2D eigenvalue weighted by Crippen LogP contribution is 2.27. The minimum atomic E-state index is -0.629. The topological polar surface area (TPSA) is 81.8 Å². The number of non-ortho nitro benzene ring substituents is 1. The van der Waals surface area contributed by atoms with Gasteiger partial charge in [0.2, 0.25) is 5.90 Å². The molecule has 1 aliphatic rings. The summed E-state index contributed by atoms with van der Waals surface area (Å²) in [5.74, 6) is -0.266. The van der Waals surface area contributed by atoms with Gasteiger partial charge < -0.3 is 4.74 Å². The van der Waals surface area contributed by atoms with E-state index in [9.17, 15) is 14.9 Å². The zero-order valence-corrected chi connectivity index (χ0v) is 14.9. The van der Waals surface area contributed by atoms with E-state index in [1.165, 1.54) is 23.8 Å². The van der Waals surface area contributed by atoms with E-state index in [0.717, 1.165) is 5.56 Å². The fourth-order valence-corrected chi connectivity index (χ4v) is 2.65. The summed E-state index contributed by atoms with van der Waals surface area (Å²) in [7, 11) is 0. The molecule has 0 N–H and O–H groups in total. The molecule has 0 saturated heterocycles. The number of ether oxygens (including phenoxy) is 1. The van der Waals surface area contributed by atoms with E-state index < -0.39 is 10.9 Å². The molecule has 26 heavy (non-hydrogen) atoms. The van der Waals surface area contributed by atoms with Crippen LogP contribution in [0.3, 0.4) is 0 Å². The summed E-state index contributed by atoms with van der Waals surface area (Å²) in [6.07, 6.45) is 1.60. The Bertz CT molecular complexity index is 947. The number of nitro benzene ring substituents is 1. The molecule has 0 aliphatic carbocycles. The number of hydrogen-bond acceptors (Lipinski definition) is 5. The maximum absolute atomic E-state index is 12.1. The van der Waals surface area contributed by atoms with Gasteiger partial charge in [0.1, 0.15) is 0 Å². The van der Waals surface area contributed by atoms with Crippen molar-refractivity contribution in [3.05, 3.63) is 80.0 Å². The van der Waals surface area contributed by atoms with Gasteiger partial charge in [-0.25, -0.2) is 9.79 Å². The third-order valence-corrected chi connectivity index (χ3v) is 4.25. The summed E-state index contributed by atoms with van der Waals surface area (Å²) in [6.45, 7) is 4.20. The average Bonchev–Trinajstić information content (AvgIpc) is 2.96. The van der Waals surface area contributed by atoms with Crippen molar-refractivity contribution in [3.63, 3.8) is 0 Å². The predicted molar refractivity (Wildman–Crippen MR) is 99.2 cm³/mol. The molecule has 7 heteroatoms. The number of benzene rings is 2. The third-order valence-electron chi connectivity index (χ3n) is 3.92. The Morgan fingerprint density at radius 3 is 2.50 bits per heavy atom. The molecule has 0 aromatic heterocycles. The molecule has 2 aromatic rings. The first-order chi connectivity index (χ1) is 12.3. The standard InChI is InChI=1S/C19H15ClN2O4/c1-11(2)13-5-3-12(4-6-13)9-17-19(23)26-18(21-17)15-10-14(22(24)25)7-8-16(15)20/h3-11H,1-2H3/b17-9-. The van der Waals surface area contributed by atoms with Crippen LogP contribution in [0.4, 0.5) is 5.69 Å². The molecule has 0 spiro atoms. The van der Waals surface area contributed by atoms with Gasteiger partial charge in [-0.1, -0.05) is 49.7 Å². The van der Waals surface area contributed by atoms with E-state index >= 15 is 0 Å². The number of hydrogen-bond donors (Lipinski definition) is 0. The molecule has 1 heterocycles. The molecule has 0 bridgehead atoms. The summed E-state index contributed by atoms with van der Waals surface area (Å²) in [5, 5.41) is 11.1. The molecule has 6 nitrogen and oxygen atoms in total. The van der Waals surface area contributed by atoms with Crippen LogP contribution in [0.15, 0.2) is 53.2 Å². The first-order valence-electron chi connectivity index (χ1n) is 7.92. The van der Waals surface area contributed by atoms with Gasteiger partial charge in [-0.2, -0.15) is 0 Å². The maximum Gasteiger partial charge on any atom is 0.363 e. The molecule has 0 radical (unpaired) electrons. The molecule has 0 saturated carbocycles. The zero-order valence-electron chi connectivity index (χ0n) is 14.1. The van der Waals surface area contributed by atoms with Gasteiger partial charge in [-0.15, -0.1) is 0 Å². The molecule has 0 fully saturated rings. The Kier molecular flexibility index (Phi) is 4.86. The van der Waals surface area contributed by atoms with Crippen LogP contribution in [0.25, 0.3) is 6.08 Å². The lowest BCUT2D eigenvalue weighted by Gasteiger charge is -2.04. The van der Waals surface area contributed by atoms with Gasteiger partial charge in [0.15, 0.2) is 5.70 Å². The molecule has 2 aromatic carbocycles. The highest BCUT2D eigenvalue weighted by Gasteiger charge is 2.27. The van der Waals surface area contributed by atoms with Crippen molar-refractivity contribution in [3.8, 4) is 0 Å². The van der Waals surface area contributed by atoms with Gasteiger partial charge in [0.05, 0.1) is 15.5 Å². The van der Waals surface area contributed by atoms with Crippen LogP contribution >= 0.6 is 11.6 Å². The lowest BCUT2D eigenvalue weighted by Crippen LogP contribution is -2.06. The fraction of sp³-hybridized carbons (Fsp3) is 0.158. The first-order valence-corrected chi connectivity index (χ1v) is 8.30. The van der Waals surface area contributed by atoms with Crippen molar-refractivity contribution in [2.75, 3.05) is 0 Å². The molecule has 0 atom stereocenters. The third kappa shape index (κ3) is 3.65.